The predicted molar refractivity (Wildman–Crippen MR) is 70.7 cm³/mol. The molecule has 0 spiro atoms. The van der Waals surface area contributed by atoms with Crippen LogP contribution >= 0.6 is 24.0 Å². The first kappa shape index (κ1) is 14.4. The van der Waals surface area contributed by atoms with Crippen molar-refractivity contribution in [3.8, 4) is 0 Å². The summed E-state index contributed by atoms with van der Waals surface area (Å²) < 4.78 is 1.76. The molecule has 0 aromatic carbocycles. The lowest BCUT2D eigenvalue weighted by molar-refractivity contribution is 0.0778. The Morgan fingerprint density at radius 2 is 2.35 bits per heavy atom. The van der Waals surface area contributed by atoms with E-state index in [2.05, 4.69) is 0 Å². The number of hydrogen-bond donors (Lipinski definition) is 1. The smallest absolute Gasteiger partial charge is 0.270 e. The van der Waals surface area contributed by atoms with Crippen molar-refractivity contribution in [3.63, 3.8) is 0 Å². The molecule has 2 N–H and O–H groups in total. The van der Waals surface area contributed by atoms with Crippen molar-refractivity contribution in [3.05, 3.63) is 23.0 Å². The highest BCUT2D eigenvalue weighted by molar-refractivity contribution is 6.31. The van der Waals surface area contributed by atoms with Gasteiger partial charge >= 0.3 is 0 Å². The normalized spacial score (nSPS) is 19.2. The van der Waals surface area contributed by atoms with E-state index in [9.17, 15) is 4.79 Å². The van der Waals surface area contributed by atoms with Crippen LogP contribution in [0.25, 0.3) is 0 Å². The second-order valence-corrected chi connectivity index (χ2v) is 4.73. The molecule has 1 aromatic rings. The fourth-order valence-electron chi connectivity index (χ4n) is 2.11. The fourth-order valence-corrected chi connectivity index (χ4v) is 2.36. The van der Waals surface area contributed by atoms with Crippen molar-refractivity contribution in [2.24, 2.45) is 18.7 Å². The second kappa shape index (κ2) is 5.76. The van der Waals surface area contributed by atoms with Crippen LogP contribution in [0.15, 0.2) is 12.3 Å². The van der Waals surface area contributed by atoms with Gasteiger partial charge in [0.15, 0.2) is 0 Å². The Morgan fingerprint density at radius 1 is 1.65 bits per heavy atom. The minimum absolute atomic E-state index is 0. The summed E-state index contributed by atoms with van der Waals surface area (Å²) in [5, 5.41) is 0.598. The van der Waals surface area contributed by atoms with E-state index >= 15 is 0 Å². The van der Waals surface area contributed by atoms with E-state index in [1.165, 1.54) is 0 Å². The molecule has 0 saturated carbocycles. The minimum atomic E-state index is 0. The van der Waals surface area contributed by atoms with Crippen molar-refractivity contribution in [2.75, 3.05) is 19.6 Å². The summed E-state index contributed by atoms with van der Waals surface area (Å²) in [7, 11) is 1.83. The predicted octanol–water partition coefficient (Wildman–Crippen LogP) is 1.52. The van der Waals surface area contributed by atoms with Gasteiger partial charge in [-0.1, -0.05) is 11.6 Å². The van der Waals surface area contributed by atoms with Crippen LogP contribution in [-0.4, -0.2) is 35.0 Å². The van der Waals surface area contributed by atoms with Gasteiger partial charge < -0.3 is 15.2 Å². The van der Waals surface area contributed by atoms with E-state index in [-0.39, 0.29) is 18.3 Å². The number of aromatic nitrogens is 1. The van der Waals surface area contributed by atoms with Crippen LogP contribution in [0.1, 0.15) is 16.9 Å². The van der Waals surface area contributed by atoms with Gasteiger partial charge in [-0.25, -0.2) is 0 Å². The van der Waals surface area contributed by atoms with Gasteiger partial charge in [-0.05, 0) is 24.9 Å². The second-order valence-electron chi connectivity index (χ2n) is 4.30. The molecule has 1 aromatic heterocycles. The van der Waals surface area contributed by atoms with Crippen LogP contribution in [0.5, 0.6) is 0 Å². The molecule has 1 atom stereocenters. The average molecular weight is 278 g/mol. The molecule has 2 heterocycles. The number of nitrogens with zero attached hydrogens (tertiary/aromatic N) is 2. The third-order valence-electron chi connectivity index (χ3n) is 3.10. The largest absolute Gasteiger partial charge is 0.345 e. The van der Waals surface area contributed by atoms with Crippen LogP contribution in [0.3, 0.4) is 0 Å². The molecule has 0 radical (unpaired) electrons. The molecule has 2 rings (SSSR count). The summed E-state index contributed by atoms with van der Waals surface area (Å²) in [6.45, 7) is 2.21. The van der Waals surface area contributed by atoms with Crippen molar-refractivity contribution in [1.29, 1.82) is 0 Å². The van der Waals surface area contributed by atoms with Crippen molar-refractivity contribution in [2.45, 2.75) is 6.42 Å². The Labute approximate surface area is 112 Å². The summed E-state index contributed by atoms with van der Waals surface area (Å²) in [5.41, 5.74) is 6.25. The summed E-state index contributed by atoms with van der Waals surface area (Å²) in [4.78, 5) is 14.0. The fraction of sp³-hybridized carbons (Fsp3) is 0.545. The molecule has 1 saturated heterocycles. The standard InChI is InChI=1S/C11H16ClN3O.ClH/c1-14-7-9(12)4-10(14)11(16)15-3-2-8(5-13)6-15;/h4,7-8H,2-3,5-6,13H2,1H3;1H. The summed E-state index contributed by atoms with van der Waals surface area (Å²) in [6, 6.07) is 1.71. The highest BCUT2D eigenvalue weighted by Gasteiger charge is 2.27. The zero-order valence-corrected chi connectivity index (χ0v) is 11.3. The minimum Gasteiger partial charge on any atom is -0.345 e. The van der Waals surface area contributed by atoms with E-state index in [1.54, 1.807) is 16.8 Å². The zero-order valence-electron chi connectivity index (χ0n) is 9.73. The van der Waals surface area contributed by atoms with E-state index in [0.29, 0.717) is 23.2 Å². The molecular weight excluding hydrogens is 261 g/mol. The number of amides is 1. The SMILES string of the molecule is Cl.Cn1cc(Cl)cc1C(=O)N1CCC(CN)C1. The maximum absolute atomic E-state index is 12.1. The lowest BCUT2D eigenvalue weighted by Gasteiger charge is -2.16. The number of nitrogens with two attached hydrogens (primary N) is 1. The summed E-state index contributed by atoms with van der Waals surface area (Å²) >= 11 is 5.86. The third kappa shape index (κ3) is 2.94. The molecule has 1 unspecified atom stereocenters. The van der Waals surface area contributed by atoms with E-state index in [4.69, 9.17) is 17.3 Å². The van der Waals surface area contributed by atoms with Gasteiger partial charge in [-0.15, -0.1) is 12.4 Å². The van der Waals surface area contributed by atoms with Crippen molar-refractivity contribution >= 4 is 29.9 Å². The first-order chi connectivity index (χ1) is 7.61. The third-order valence-corrected chi connectivity index (χ3v) is 3.30. The Hall–Kier alpha value is -0.710. The number of carbonyl (C=O) groups is 1. The molecule has 17 heavy (non-hydrogen) atoms. The highest BCUT2D eigenvalue weighted by atomic mass is 35.5. The quantitative estimate of drug-likeness (QED) is 0.891. The Morgan fingerprint density at radius 3 is 2.82 bits per heavy atom. The van der Waals surface area contributed by atoms with Crippen LogP contribution in [0.2, 0.25) is 5.02 Å². The van der Waals surface area contributed by atoms with Gasteiger partial charge in [-0.2, -0.15) is 0 Å². The van der Waals surface area contributed by atoms with Gasteiger partial charge in [0.05, 0.1) is 5.02 Å². The molecule has 0 aliphatic carbocycles. The first-order valence-corrected chi connectivity index (χ1v) is 5.81. The zero-order chi connectivity index (χ0) is 11.7. The first-order valence-electron chi connectivity index (χ1n) is 5.43. The number of hydrogen-bond acceptors (Lipinski definition) is 2. The maximum Gasteiger partial charge on any atom is 0.270 e. The van der Waals surface area contributed by atoms with Gasteiger partial charge in [0.2, 0.25) is 0 Å². The number of rotatable bonds is 2. The summed E-state index contributed by atoms with van der Waals surface area (Å²) in [5.74, 6) is 0.491. The topological polar surface area (TPSA) is 51.3 Å². The number of halogens is 2. The monoisotopic (exact) mass is 277 g/mol. The summed E-state index contributed by atoms with van der Waals surface area (Å²) in [6.07, 6.45) is 2.74. The number of carbonyl (C=O) groups excluding carboxylic acids is 1. The Bertz CT molecular complexity index is 405. The van der Waals surface area contributed by atoms with Crippen molar-refractivity contribution < 1.29 is 4.79 Å². The lowest BCUT2D eigenvalue weighted by Crippen LogP contribution is -2.31. The van der Waals surface area contributed by atoms with E-state index < -0.39 is 0 Å². The molecule has 4 nitrogen and oxygen atoms in total. The molecular formula is C11H17Cl2N3O. The van der Waals surface area contributed by atoms with E-state index in [0.717, 1.165) is 19.5 Å². The van der Waals surface area contributed by atoms with E-state index in [1.807, 2.05) is 11.9 Å². The Kier molecular flexibility index (Phi) is 4.86. The molecule has 1 aliphatic rings. The number of likely N-dealkylation sites (tertiary alicyclic amines) is 1. The highest BCUT2D eigenvalue weighted by Crippen LogP contribution is 2.20. The molecule has 1 amide bonds. The van der Waals surface area contributed by atoms with Gasteiger partial charge in [0.1, 0.15) is 5.69 Å². The molecule has 6 heteroatoms. The lowest BCUT2D eigenvalue weighted by atomic mass is 10.1. The van der Waals surface area contributed by atoms with Crippen LogP contribution in [-0.2, 0) is 7.05 Å². The molecule has 96 valence electrons. The van der Waals surface area contributed by atoms with Gasteiger partial charge in [0.25, 0.3) is 5.91 Å². The number of aryl methyl sites for hydroxylation is 1. The van der Waals surface area contributed by atoms with Crippen LogP contribution in [0.4, 0.5) is 0 Å². The molecule has 1 fully saturated rings. The van der Waals surface area contributed by atoms with Crippen molar-refractivity contribution in [1.82, 2.24) is 9.47 Å². The van der Waals surface area contributed by atoms with Crippen LogP contribution < -0.4 is 5.73 Å². The maximum atomic E-state index is 12.1. The van der Waals surface area contributed by atoms with Gasteiger partial charge in [0, 0.05) is 26.3 Å². The molecule has 0 bridgehead atoms. The Balaban J connectivity index is 0.00000144. The van der Waals surface area contributed by atoms with Gasteiger partial charge in [-0.3, -0.25) is 4.79 Å². The van der Waals surface area contributed by atoms with Crippen LogP contribution in [0, 0.1) is 5.92 Å². The molecule has 1 aliphatic heterocycles. The average Bonchev–Trinajstić information content (AvgIpc) is 2.84.